The molecule has 3 aromatic carbocycles. The van der Waals surface area contributed by atoms with Crippen LogP contribution in [0.25, 0.3) is 0 Å². The molecule has 7 rings (SSSR count). The van der Waals surface area contributed by atoms with Gasteiger partial charge in [0.1, 0.15) is 6.04 Å². The first kappa shape index (κ1) is 25.2. The van der Waals surface area contributed by atoms with Gasteiger partial charge in [-0.2, -0.15) is 0 Å². The lowest BCUT2D eigenvalue weighted by Gasteiger charge is -2.45. The van der Waals surface area contributed by atoms with E-state index >= 15 is 0 Å². The van der Waals surface area contributed by atoms with E-state index in [1.165, 1.54) is 0 Å². The minimum Gasteiger partial charge on any atom is -0.456 e. The molecule has 4 aliphatic rings. The Balaban J connectivity index is 1.31. The average Bonchev–Trinajstić information content (AvgIpc) is 3.19. The van der Waals surface area contributed by atoms with Crippen molar-refractivity contribution in [2.24, 2.45) is 17.8 Å². The lowest BCUT2D eigenvalue weighted by atomic mass is 9.55. The largest absolute Gasteiger partial charge is 0.456 e. The van der Waals surface area contributed by atoms with Crippen molar-refractivity contribution in [3.05, 3.63) is 106 Å². The summed E-state index contributed by atoms with van der Waals surface area (Å²) in [5.41, 5.74) is 6.53. The Kier molecular flexibility index (Phi) is 6.01. The molecule has 2 amide bonds. The second-order valence-corrected chi connectivity index (χ2v) is 11.3. The zero-order chi connectivity index (χ0) is 27.6. The van der Waals surface area contributed by atoms with Crippen molar-refractivity contribution in [2.75, 3.05) is 6.61 Å². The van der Waals surface area contributed by atoms with Crippen LogP contribution in [-0.2, 0) is 19.1 Å². The number of carbonyl (C=O) groups excluding carboxylic acids is 4. The molecule has 6 heteroatoms. The Bertz CT molecular complexity index is 1420. The van der Waals surface area contributed by atoms with E-state index in [0.29, 0.717) is 5.56 Å². The Morgan fingerprint density at radius 2 is 1.28 bits per heavy atom. The van der Waals surface area contributed by atoms with Crippen molar-refractivity contribution in [3.8, 4) is 0 Å². The lowest BCUT2D eigenvalue weighted by molar-refractivity contribution is -0.160. The normalized spacial score (nSPS) is 23.4. The topological polar surface area (TPSA) is 80.8 Å². The predicted molar refractivity (Wildman–Crippen MR) is 145 cm³/mol. The fourth-order valence-electron chi connectivity index (χ4n) is 6.99. The fourth-order valence-corrected chi connectivity index (χ4v) is 6.99. The van der Waals surface area contributed by atoms with E-state index in [4.69, 9.17) is 4.74 Å². The van der Waals surface area contributed by atoms with Crippen LogP contribution in [-0.4, -0.2) is 41.1 Å². The molecule has 2 bridgehead atoms. The van der Waals surface area contributed by atoms with Crippen molar-refractivity contribution in [3.63, 3.8) is 0 Å². The maximum atomic E-state index is 14.1. The summed E-state index contributed by atoms with van der Waals surface area (Å²) in [5.74, 6) is -3.73. The number of carbonyl (C=O) groups is 4. The maximum Gasteiger partial charge on any atom is 0.330 e. The van der Waals surface area contributed by atoms with E-state index in [1.807, 2.05) is 74.5 Å². The van der Waals surface area contributed by atoms with E-state index in [0.717, 1.165) is 38.3 Å². The second-order valence-electron chi connectivity index (χ2n) is 11.3. The molecule has 39 heavy (non-hydrogen) atoms. The molecule has 1 aliphatic heterocycles. The average molecular weight is 522 g/mol. The first-order valence-electron chi connectivity index (χ1n) is 13.5. The summed E-state index contributed by atoms with van der Waals surface area (Å²) in [6.45, 7) is 6.86. The maximum absolute atomic E-state index is 14.1. The lowest BCUT2D eigenvalue weighted by Crippen LogP contribution is -2.49. The van der Waals surface area contributed by atoms with Crippen LogP contribution in [0, 0.1) is 31.6 Å². The summed E-state index contributed by atoms with van der Waals surface area (Å²) in [6.07, 6.45) is 0. The molecule has 0 N–H and O–H groups in total. The number of benzene rings is 3. The zero-order valence-corrected chi connectivity index (χ0v) is 22.5. The number of ether oxygens (including phenoxy) is 1. The number of Topliss-reactive ketones (excluding diaryl/α,β-unsaturated/α-hetero) is 1. The number of imide groups is 1. The Labute approximate surface area is 228 Å². The molecule has 0 unspecified atom stereocenters. The SMILES string of the molecule is Cc1ccc(C)c(C(=O)COC(=O)[C@@H](C(C)C)N2C(=O)[C@H]3C4c5ccccc5C(c5ccccc54)[C@@H]3C2=O)c1. The summed E-state index contributed by atoms with van der Waals surface area (Å²) in [6, 6.07) is 20.5. The summed E-state index contributed by atoms with van der Waals surface area (Å²) in [7, 11) is 0. The third-order valence-electron chi connectivity index (χ3n) is 8.67. The number of nitrogens with zero attached hydrogens (tertiary/aromatic N) is 1. The Morgan fingerprint density at radius 1 is 0.795 bits per heavy atom. The Morgan fingerprint density at radius 3 is 1.74 bits per heavy atom. The number of esters is 1. The molecular formula is C33H31NO5. The van der Waals surface area contributed by atoms with Crippen molar-refractivity contribution in [2.45, 2.75) is 45.6 Å². The number of amides is 2. The standard InChI is InChI=1S/C33H31NO5/c1-17(2)30(33(38)39-16-25(35)24-15-18(3)13-14-19(24)4)34-31(36)28-26-20-9-5-6-10-21(20)27(29(28)32(34)37)23-12-8-7-11-22(23)26/h5-15,17,26-30H,16H2,1-4H3/t26?,27?,28-,29-,30+/m0/s1. The number of rotatable bonds is 6. The van der Waals surface area contributed by atoms with Gasteiger partial charge in [-0.3, -0.25) is 19.3 Å². The second kappa shape index (κ2) is 9.30. The van der Waals surface area contributed by atoms with Crippen molar-refractivity contribution < 1.29 is 23.9 Å². The van der Waals surface area contributed by atoms with Gasteiger partial charge < -0.3 is 4.74 Å². The molecule has 1 saturated heterocycles. The third kappa shape index (κ3) is 3.76. The smallest absolute Gasteiger partial charge is 0.330 e. The summed E-state index contributed by atoms with van der Waals surface area (Å²) in [4.78, 5) is 55.7. The summed E-state index contributed by atoms with van der Waals surface area (Å²) < 4.78 is 5.50. The van der Waals surface area contributed by atoms with Gasteiger partial charge in [0.05, 0.1) is 11.8 Å². The van der Waals surface area contributed by atoms with Gasteiger partial charge in [0.25, 0.3) is 0 Å². The first-order chi connectivity index (χ1) is 18.7. The van der Waals surface area contributed by atoms with Crippen LogP contribution in [0.2, 0.25) is 0 Å². The van der Waals surface area contributed by atoms with Crippen molar-refractivity contribution in [1.29, 1.82) is 0 Å². The highest BCUT2D eigenvalue weighted by Crippen LogP contribution is 2.61. The number of hydrogen-bond donors (Lipinski definition) is 0. The third-order valence-corrected chi connectivity index (χ3v) is 8.67. The van der Waals surface area contributed by atoms with Gasteiger partial charge in [-0.25, -0.2) is 4.79 Å². The quantitative estimate of drug-likeness (QED) is 0.261. The predicted octanol–water partition coefficient (Wildman–Crippen LogP) is 4.95. The van der Waals surface area contributed by atoms with Crippen LogP contribution in [0.15, 0.2) is 66.7 Å². The van der Waals surface area contributed by atoms with Crippen LogP contribution < -0.4 is 0 Å². The van der Waals surface area contributed by atoms with Crippen LogP contribution in [0.5, 0.6) is 0 Å². The molecule has 198 valence electrons. The van der Waals surface area contributed by atoms with Crippen LogP contribution >= 0.6 is 0 Å². The first-order valence-corrected chi connectivity index (χ1v) is 13.5. The van der Waals surface area contributed by atoms with Crippen LogP contribution in [0.1, 0.15) is 69.4 Å². The molecule has 3 atom stereocenters. The number of aryl methyl sites for hydroxylation is 2. The van der Waals surface area contributed by atoms with Gasteiger partial charge in [0.2, 0.25) is 17.6 Å². The van der Waals surface area contributed by atoms with E-state index in [9.17, 15) is 19.2 Å². The van der Waals surface area contributed by atoms with Gasteiger partial charge in [0, 0.05) is 17.4 Å². The molecule has 3 aliphatic carbocycles. The van der Waals surface area contributed by atoms with Crippen LogP contribution in [0.4, 0.5) is 0 Å². The number of likely N-dealkylation sites (tertiary alicyclic amines) is 1. The minimum atomic E-state index is -1.10. The monoisotopic (exact) mass is 521 g/mol. The van der Waals surface area contributed by atoms with Gasteiger partial charge in [0.15, 0.2) is 6.61 Å². The molecule has 6 nitrogen and oxygen atoms in total. The highest BCUT2D eigenvalue weighted by molar-refractivity contribution is 6.10. The van der Waals surface area contributed by atoms with E-state index in [1.54, 1.807) is 19.9 Å². The van der Waals surface area contributed by atoms with Gasteiger partial charge in [-0.1, -0.05) is 80.1 Å². The summed E-state index contributed by atoms with van der Waals surface area (Å²) >= 11 is 0. The van der Waals surface area contributed by atoms with Crippen molar-refractivity contribution >= 4 is 23.6 Å². The van der Waals surface area contributed by atoms with Gasteiger partial charge in [-0.05, 0) is 53.6 Å². The highest BCUT2D eigenvalue weighted by Gasteiger charge is 2.63. The molecule has 1 fully saturated rings. The number of ketones is 1. The van der Waals surface area contributed by atoms with Crippen molar-refractivity contribution in [1.82, 2.24) is 4.90 Å². The van der Waals surface area contributed by atoms with E-state index in [-0.39, 0.29) is 35.4 Å². The molecular weight excluding hydrogens is 490 g/mol. The fraction of sp³-hybridized carbons (Fsp3) is 0.333. The molecule has 3 aromatic rings. The number of hydrogen-bond acceptors (Lipinski definition) is 5. The molecule has 0 saturated carbocycles. The molecule has 0 spiro atoms. The highest BCUT2D eigenvalue weighted by atomic mass is 16.5. The molecule has 0 aromatic heterocycles. The van der Waals surface area contributed by atoms with Crippen LogP contribution in [0.3, 0.4) is 0 Å². The minimum absolute atomic E-state index is 0.247. The van der Waals surface area contributed by atoms with Gasteiger partial charge in [-0.15, -0.1) is 0 Å². The van der Waals surface area contributed by atoms with Gasteiger partial charge >= 0.3 is 5.97 Å². The zero-order valence-electron chi connectivity index (χ0n) is 22.5. The molecule has 1 heterocycles. The van der Waals surface area contributed by atoms with E-state index < -0.39 is 30.5 Å². The molecule has 0 radical (unpaired) electrons. The Hall–Kier alpha value is -4.06. The van der Waals surface area contributed by atoms with E-state index in [2.05, 4.69) is 0 Å². The summed E-state index contributed by atoms with van der Waals surface area (Å²) in [5, 5.41) is 0.